The Hall–Kier alpha value is -1.55. The third kappa shape index (κ3) is 5.75. The topological polar surface area (TPSA) is 38.3 Å². The Balaban J connectivity index is 2.54. The van der Waals surface area contributed by atoms with Crippen LogP contribution in [0.1, 0.15) is 27.7 Å². The van der Waals surface area contributed by atoms with Crippen molar-refractivity contribution in [3.63, 3.8) is 0 Å². The van der Waals surface area contributed by atoms with Crippen LogP contribution in [0.3, 0.4) is 0 Å². The van der Waals surface area contributed by atoms with Crippen molar-refractivity contribution in [2.75, 3.05) is 5.32 Å². The minimum Gasteiger partial charge on any atom is -0.442 e. The number of hydrogen-bond donors (Lipinski definition) is 1. The first-order valence-corrected chi connectivity index (χ1v) is 10.4. The summed E-state index contributed by atoms with van der Waals surface area (Å²) in [4.78, 5) is 11.8. The lowest BCUT2D eigenvalue weighted by molar-refractivity contribution is 0.142. The second-order valence-corrected chi connectivity index (χ2v) is 12.2. The number of amides is 1. The average molecular weight is 305 g/mol. The molecule has 1 atom stereocenters. The van der Waals surface area contributed by atoms with Gasteiger partial charge in [-0.25, -0.2) is 4.79 Å². The van der Waals surface area contributed by atoms with Crippen molar-refractivity contribution in [2.24, 2.45) is 0 Å². The maximum Gasteiger partial charge on any atom is 0.412 e. The lowest BCUT2D eigenvalue weighted by atomic mass is 10.2. The lowest BCUT2D eigenvalue weighted by Gasteiger charge is -2.34. The highest BCUT2D eigenvalue weighted by Crippen LogP contribution is 2.36. The third-order valence-corrected chi connectivity index (χ3v) is 8.92. The van der Waals surface area contributed by atoms with Gasteiger partial charge in [-0.2, -0.15) is 0 Å². The molecule has 0 saturated carbocycles. The molecule has 1 unspecified atom stereocenters. The fourth-order valence-electron chi connectivity index (χ4n) is 1.50. The molecule has 0 spiro atoms. The highest BCUT2D eigenvalue weighted by molar-refractivity contribution is 6.84. The Morgan fingerprint density at radius 1 is 1.24 bits per heavy atom. The van der Waals surface area contributed by atoms with Gasteiger partial charge in [0.25, 0.3) is 0 Å². The standard InChI is InChI=1S/C17H27NO2Si/c1-14(12-13-21(5,6)17(2,3)4)20-16(19)18-15-10-8-7-9-11-15/h7-14H,1-6H3,(H,18,19)/b13-12-. The number of benzene rings is 1. The van der Waals surface area contributed by atoms with Gasteiger partial charge < -0.3 is 4.74 Å². The van der Waals surface area contributed by atoms with Gasteiger partial charge >= 0.3 is 6.09 Å². The van der Waals surface area contributed by atoms with Gasteiger partial charge in [-0.05, 0) is 24.1 Å². The Kier molecular flexibility index (Phi) is 5.78. The summed E-state index contributed by atoms with van der Waals surface area (Å²) in [5, 5.41) is 3.00. The van der Waals surface area contributed by atoms with Crippen molar-refractivity contribution in [3.05, 3.63) is 42.1 Å². The summed E-state index contributed by atoms with van der Waals surface area (Å²) in [6, 6.07) is 9.31. The Bertz CT molecular complexity index is 489. The molecule has 21 heavy (non-hydrogen) atoms. The number of nitrogens with one attached hydrogen (secondary N) is 1. The predicted molar refractivity (Wildman–Crippen MR) is 92.3 cm³/mol. The van der Waals surface area contributed by atoms with Crippen molar-refractivity contribution in [1.29, 1.82) is 0 Å². The first-order valence-electron chi connectivity index (χ1n) is 7.34. The van der Waals surface area contributed by atoms with E-state index >= 15 is 0 Å². The molecule has 0 bridgehead atoms. The van der Waals surface area contributed by atoms with Crippen LogP contribution >= 0.6 is 0 Å². The van der Waals surface area contributed by atoms with Gasteiger partial charge in [-0.1, -0.05) is 63.8 Å². The molecule has 1 N–H and O–H groups in total. The van der Waals surface area contributed by atoms with Crippen LogP contribution in [0.5, 0.6) is 0 Å². The molecule has 1 amide bonds. The number of anilines is 1. The predicted octanol–water partition coefficient (Wildman–Crippen LogP) is 5.23. The number of para-hydroxylation sites is 1. The van der Waals surface area contributed by atoms with E-state index in [4.69, 9.17) is 4.74 Å². The molecule has 0 saturated heterocycles. The Morgan fingerprint density at radius 2 is 1.81 bits per heavy atom. The fourth-order valence-corrected chi connectivity index (χ4v) is 2.76. The quantitative estimate of drug-likeness (QED) is 0.774. The van der Waals surface area contributed by atoms with Gasteiger partial charge in [0.2, 0.25) is 0 Å². The van der Waals surface area contributed by atoms with E-state index in [1.165, 1.54) is 0 Å². The summed E-state index contributed by atoms with van der Waals surface area (Å²) >= 11 is 0. The summed E-state index contributed by atoms with van der Waals surface area (Å²) in [6.45, 7) is 13.3. The zero-order valence-corrected chi connectivity index (χ0v) is 14.9. The lowest BCUT2D eigenvalue weighted by Crippen LogP contribution is -2.35. The van der Waals surface area contributed by atoms with Crippen LogP contribution < -0.4 is 5.32 Å². The second-order valence-electron chi connectivity index (χ2n) is 6.93. The van der Waals surface area contributed by atoms with Crippen molar-refractivity contribution >= 4 is 19.9 Å². The molecule has 0 fully saturated rings. The van der Waals surface area contributed by atoms with Crippen molar-refractivity contribution < 1.29 is 9.53 Å². The molecule has 4 heteroatoms. The number of carbonyl (C=O) groups is 1. The number of ether oxygens (including phenoxy) is 1. The van der Waals surface area contributed by atoms with E-state index < -0.39 is 14.2 Å². The zero-order chi connectivity index (χ0) is 16.1. The molecule has 0 heterocycles. The summed E-state index contributed by atoms with van der Waals surface area (Å²) in [6.07, 6.45) is 1.35. The first-order chi connectivity index (χ1) is 9.62. The van der Waals surface area contributed by atoms with Crippen LogP contribution in [0.4, 0.5) is 10.5 Å². The Labute approximate surface area is 129 Å². The van der Waals surface area contributed by atoms with E-state index in [0.29, 0.717) is 0 Å². The molecule has 0 aliphatic rings. The molecule has 0 aliphatic carbocycles. The molecule has 0 aromatic heterocycles. The van der Waals surface area contributed by atoms with Gasteiger partial charge in [0.05, 0.1) is 8.07 Å². The minimum absolute atomic E-state index is 0.233. The molecular formula is C17H27NO2Si. The largest absolute Gasteiger partial charge is 0.442 e. The maximum absolute atomic E-state index is 11.8. The molecule has 116 valence electrons. The molecule has 1 rings (SSSR count). The van der Waals surface area contributed by atoms with Crippen molar-refractivity contribution in [1.82, 2.24) is 0 Å². The van der Waals surface area contributed by atoms with E-state index in [9.17, 15) is 4.79 Å². The second kappa shape index (κ2) is 6.94. The summed E-state index contributed by atoms with van der Waals surface area (Å²) in [5.74, 6) is 0. The fraction of sp³-hybridized carbons (Fsp3) is 0.471. The van der Waals surface area contributed by atoms with Crippen LogP contribution in [0, 0.1) is 0 Å². The first kappa shape index (κ1) is 17.5. The van der Waals surface area contributed by atoms with E-state index in [1.807, 2.05) is 43.3 Å². The molecule has 3 nitrogen and oxygen atoms in total. The van der Waals surface area contributed by atoms with Crippen LogP contribution in [-0.4, -0.2) is 20.3 Å². The van der Waals surface area contributed by atoms with E-state index in [1.54, 1.807) is 0 Å². The van der Waals surface area contributed by atoms with Gasteiger partial charge in [0.15, 0.2) is 0 Å². The number of rotatable bonds is 4. The molecule has 1 aromatic carbocycles. The van der Waals surface area contributed by atoms with E-state index in [-0.39, 0.29) is 11.1 Å². The minimum atomic E-state index is -1.49. The number of carbonyl (C=O) groups excluding carboxylic acids is 1. The molecule has 0 radical (unpaired) electrons. The normalized spacial score (nSPS) is 14.0. The molecular weight excluding hydrogens is 278 g/mol. The van der Waals surface area contributed by atoms with Crippen LogP contribution in [0.2, 0.25) is 18.1 Å². The summed E-state index contributed by atoms with van der Waals surface area (Å²) in [7, 11) is -1.49. The third-order valence-electron chi connectivity index (χ3n) is 4.03. The highest BCUT2D eigenvalue weighted by Gasteiger charge is 2.32. The zero-order valence-electron chi connectivity index (χ0n) is 13.9. The monoisotopic (exact) mass is 305 g/mol. The van der Waals surface area contributed by atoms with Crippen LogP contribution in [0.25, 0.3) is 0 Å². The van der Waals surface area contributed by atoms with Gasteiger partial charge in [0, 0.05) is 5.69 Å². The highest BCUT2D eigenvalue weighted by atomic mass is 28.3. The number of hydrogen-bond acceptors (Lipinski definition) is 2. The van der Waals surface area contributed by atoms with Crippen molar-refractivity contribution in [2.45, 2.75) is 51.9 Å². The smallest absolute Gasteiger partial charge is 0.412 e. The van der Waals surface area contributed by atoms with Gasteiger partial charge in [0.1, 0.15) is 6.10 Å². The summed E-state index contributed by atoms with van der Waals surface area (Å²) < 4.78 is 5.35. The molecule has 0 aliphatic heterocycles. The maximum atomic E-state index is 11.8. The SMILES string of the molecule is CC(/C=C\[Si](C)(C)C(C)(C)C)OC(=O)Nc1ccccc1. The van der Waals surface area contributed by atoms with Gasteiger partial charge in [-0.3, -0.25) is 5.32 Å². The summed E-state index contributed by atoms with van der Waals surface area (Å²) in [5.41, 5.74) is 3.00. The average Bonchev–Trinajstić information content (AvgIpc) is 2.36. The van der Waals surface area contributed by atoms with Crippen LogP contribution in [0.15, 0.2) is 42.1 Å². The van der Waals surface area contributed by atoms with Crippen LogP contribution in [-0.2, 0) is 4.74 Å². The van der Waals surface area contributed by atoms with Gasteiger partial charge in [-0.15, -0.1) is 0 Å². The molecule has 1 aromatic rings. The Morgan fingerprint density at radius 3 is 2.33 bits per heavy atom. The van der Waals surface area contributed by atoms with E-state index in [2.05, 4.69) is 44.9 Å². The van der Waals surface area contributed by atoms with Crippen molar-refractivity contribution in [3.8, 4) is 0 Å². The van der Waals surface area contributed by atoms with E-state index in [0.717, 1.165) is 5.69 Å².